The van der Waals surface area contributed by atoms with Crippen molar-refractivity contribution < 1.29 is 24.7 Å². The van der Waals surface area contributed by atoms with Gasteiger partial charge in [-0.2, -0.15) is 0 Å². The van der Waals surface area contributed by atoms with E-state index >= 15 is 0 Å². The summed E-state index contributed by atoms with van der Waals surface area (Å²) in [5.41, 5.74) is -0.727. The van der Waals surface area contributed by atoms with Crippen molar-refractivity contribution in [3.8, 4) is 11.5 Å². The molecule has 0 aliphatic heterocycles. The summed E-state index contributed by atoms with van der Waals surface area (Å²) in [5.74, 6) is -0.00598. The third kappa shape index (κ3) is 5.92. The molecule has 0 aliphatic rings. The van der Waals surface area contributed by atoms with Crippen LogP contribution in [-0.2, 0) is 6.42 Å². The van der Waals surface area contributed by atoms with Crippen molar-refractivity contribution in [2.24, 2.45) is 0 Å². The smallest absolute Gasteiger partial charge is 0.343 e. The molecular weight excluding hydrogens is 449 g/mol. The van der Waals surface area contributed by atoms with Gasteiger partial charge in [-0.05, 0) is 30.7 Å². The molecule has 0 aromatic heterocycles. The number of aliphatic hydroxyl groups excluding tert-OH is 1. The summed E-state index contributed by atoms with van der Waals surface area (Å²) < 4.78 is 5.77. The van der Waals surface area contributed by atoms with Gasteiger partial charge in [0, 0.05) is 28.2 Å². The molecule has 0 spiro atoms. The molecule has 2 N–H and O–H groups in total. The second-order valence-corrected chi connectivity index (χ2v) is 8.84. The van der Waals surface area contributed by atoms with Crippen LogP contribution in [0.15, 0.2) is 30.3 Å². The minimum atomic E-state index is -1.41. The number of carboxylic acid groups (broad SMARTS) is 1. The van der Waals surface area contributed by atoms with Crippen LogP contribution in [0, 0.1) is 10.1 Å². The Bertz CT molecular complexity index is 881. The molecule has 0 heterocycles. The topological polar surface area (TPSA) is 110 Å². The number of carboxylic acids is 1. The van der Waals surface area contributed by atoms with Crippen molar-refractivity contribution in [3.05, 3.63) is 61.6 Å². The molecule has 0 unspecified atom stereocenters. The molecule has 0 fully saturated rings. The number of halogens is 2. The van der Waals surface area contributed by atoms with Crippen molar-refractivity contribution in [2.45, 2.75) is 6.42 Å². The lowest BCUT2D eigenvalue weighted by Gasteiger charge is -2.15. The first-order chi connectivity index (χ1) is 13.3. The molecule has 0 saturated heterocycles. The molecule has 0 radical (unpaired) electrons. The fraction of sp³-hybridized carbons (Fsp3) is 0.235. The maximum atomic E-state index is 11.7. The van der Waals surface area contributed by atoms with Crippen molar-refractivity contribution in [1.82, 2.24) is 0 Å². The first-order valence-electron chi connectivity index (χ1n) is 7.87. The second kappa shape index (κ2) is 10.8. The number of nitro benzene ring substituents is 1. The quantitative estimate of drug-likeness (QED) is 0.211. The summed E-state index contributed by atoms with van der Waals surface area (Å²) in [6, 6.07) is 7.02. The number of aromatic carboxylic acids is 1. The number of hydrogen-bond donors (Lipinski definition) is 2. The van der Waals surface area contributed by atoms with Crippen LogP contribution in [0.1, 0.15) is 15.9 Å². The highest BCUT2D eigenvalue weighted by molar-refractivity contribution is 8.76. The summed E-state index contributed by atoms with van der Waals surface area (Å²) in [5, 5.41) is 30.3. The molecule has 150 valence electrons. The molecule has 0 bridgehead atoms. The number of benzene rings is 2. The molecule has 28 heavy (non-hydrogen) atoms. The molecule has 11 heteroatoms. The number of nitrogens with zero attached hydrogens (tertiary/aromatic N) is 1. The van der Waals surface area contributed by atoms with Crippen LogP contribution < -0.4 is 4.74 Å². The highest BCUT2D eigenvalue weighted by Gasteiger charge is 2.27. The van der Waals surface area contributed by atoms with Crippen LogP contribution in [0.4, 0.5) is 5.69 Å². The Morgan fingerprint density at radius 1 is 1.14 bits per heavy atom. The lowest BCUT2D eigenvalue weighted by Crippen LogP contribution is -2.09. The van der Waals surface area contributed by atoms with E-state index in [1.54, 1.807) is 6.07 Å². The molecule has 0 aliphatic carbocycles. The molecule has 2 aromatic carbocycles. The maximum absolute atomic E-state index is 11.7. The second-order valence-electron chi connectivity index (χ2n) is 5.29. The number of hydrogen-bond acceptors (Lipinski definition) is 7. The molecule has 0 saturated carbocycles. The Hall–Kier alpha value is -1.65. The Labute approximate surface area is 178 Å². The first-order valence-corrected chi connectivity index (χ1v) is 11.1. The van der Waals surface area contributed by atoms with Gasteiger partial charge in [-0.25, -0.2) is 4.79 Å². The van der Waals surface area contributed by atoms with Gasteiger partial charge in [0.25, 0.3) is 5.69 Å². The third-order valence-corrected chi connectivity index (χ3v) is 6.38. The van der Waals surface area contributed by atoms with E-state index in [9.17, 15) is 20.0 Å². The first kappa shape index (κ1) is 22.6. The molecule has 2 rings (SSSR count). The zero-order chi connectivity index (χ0) is 20.7. The van der Waals surface area contributed by atoms with Gasteiger partial charge in [0.1, 0.15) is 17.1 Å². The Morgan fingerprint density at radius 3 is 2.43 bits per heavy atom. The van der Waals surface area contributed by atoms with Gasteiger partial charge in [0.2, 0.25) is 0 Å². The summed E-state index contributed by atoms with van der Waals surface area (Å²) in [6.07, 6.45) is 0.215. The highest BCUT2D eigenvalue weighted by atomic mass is 35.5. The summed E-state index contributed by atoms with van der Waals surface area (Å²) in [6.45, 7) is 0.0261. The summed E-state index contributed by atoms with van der Waals surface area (Å²) >= 11 is 12.0. The fourth-order valence-corrected chi connectivity index (χ4v) is 4.55. The lowest BCUT2D eigenvalue weighted by atomic mass is 10.0. The lowest BCUT2D eigenvalue weighted by molar-refractivity contribution is -0.385. The predicted octanol–water partition coefficient (Wildman–Crippen LogP) is 5.31. The molecule has 7 nitrogen and oxygen atoms in total. The SMILES string of the molecule is O=C(O)c1c([N+](=O)[O-])ccc(Oc2ccc(Cl)cc2Cl)c1CCSSCCO. The molecule has 0 amide bonds. The predicted molar refractivity (Wildman–Crippen MR) is 112 cm³/mol. The largest absolute Gasteiger partial charge is 0.477 e. The van der Waals surface area contributed by atoms with Gasteiger partial charge in [-0.3, -0.25) is 10.1 Å². The van der Waals surface area contributed by atoms with Crippen LogP contribution in [0.2, 0.25) is 10.0 Å². The van der Waals surface area contributed by atoms with Crippen LogP contribution >= 0.6 is 44.8 Å². The normalized spacial score (nSPS) is 10.7. The minimum Gasteiger partial charge on any atom is -0.477 e. The number of carbonyl (C=O) groups is 1. The van der Waals surface area contributed by atoms with E-state index in [0.717, 1.165) is 6.07 Å². The monoisotopic (exact) mass is 463 g/mol. The highest BCUT2D eigenvalue weighted by Crippen LogP contribution is 2.38. The van der Waals surface area contributed by atoms with E-state index < -0.39 is 22.1 Å². The van der Waals surface area contributed by atoms with E-state index in [1.807, 2.05) is 0 Å². The average Bonchev–Trinajstić information content (AvgIpc) is 2.63. The molecular formula is C17H15Cl2NO6S2. The number of ether oxygens (including phenoxy) is 1. The van der Waals surface area contributed by atoms with Crippen LogP contribution in [0.25, 0.3) is 0 Å². The third-order valence-electron chi connectivity index (χ3n) is 3.47. The number of aliphatic hydroxyl groups is 1. The van der Waals surface area contributed by atoms with Crippen molar-refractivity contribution in [3.63, 3.8) is 0 Å². The Kier molecular flexibility index (Phi) is 8.71. The van der Waals surface area contributed by atoms with Gasteiger partial charge < -0.3 is 14.9 Å². The van der Waals surface area contributed by atoms with Gasteiger partial charge in [-0.15, -0.1) is 0 Å². The maximum Gasteiger partial charge on any atom is 0.343 e. The van der Waals surface area contributed by atoms with Crippen LogP contribution in [0.5, 0.6) is 11.5 Å². The zero-order valence-electron chi connectivity index (χ0n) is 14.3. The van der Waals surface area contributed by atoms with Crippen molar-refractivity contribution in [1.29, 1.82) is 0 Å². The average molecular weight is 464 g/mol. The van der Waals surface area contributed by atoms with E-state index in [2.05, 4.69) is 0 Å². The Morgan fingerprint density at radius 2 is 1.82 bits per heavy atom. The van der Waals surface area contributed by atoms with Gasteiger partial charge in [-0.1, -0.05) is 44.8 Å². The van der Waals surface area contributed by atoms with Crippen LogP contribution in [0.3, 0.4) is 0 Å². The van der Waals surface area contributed by atoms with Crippen LogP contribution in [-0.4, -0.2) is 39.2 Å². The van der Waals surface area contributed by atoms with Gasteiger partial charge >= 0.3 is 5.97 Å². The summed E-state index contributed by atoms with van der Waals surface area (Å²) in [4.78, 5) is 22.3. The van der Waals surface area contributed by atoms with Crippen molar-refractivity contribution >= 4 is 56.4 Å². The van der Waals surface area contributed by atoms with Gasteiger partial charge in [0.05, 0.1) is 16.6 Å². The van der Waals surface area contributed by atoms with E-state index in [-0.39, 0.29) is 35.1 Å². The fourth-order valence-electron chi connectivity index (χ4n) is 2.33. The Balaban J connectivity index is 2.43. The zero-order valence-corrected chi connectivity index (χ0v) is 17.4. The standard InChI is InChI=1S/C17H15Cl2NO6S2/c18-10-1-3-15(12(19)9-10)26-14-4-2-13(20(24)25)16(17(22)23)11(14)5-7-27-28-8-6-21/h1-4,9,21H,5-8H2,(H,22,23). The number of rotatable bonds is 10. The van der Waals surface area contributed by atoms with Gasteiger partial charge in [0.15, 0.2) is 0 Å². The molecule has 0 atom stereocenters. The van der Waals surface area contributed by atoms with E-state index in [0.29, 0.717) is 16.5 Å². The van der Waals surface area contributed by atoms with E-state index in [1.165, 1.54) is 39.8 Å². The minimum absolute atomic E-state index is 0.0261. The summed E-state index contributed by atoms with van der Waals surface area (Å²) in [7, 11) is 2.84. The molecule has 2 aromatic rings. The van der Waals surface area contributed by atoms with E-state index in [4.69, 9.17) is 33.0 Å². The number of nitro groups is 1. The van der Waals surface area contributed by atoms with Crippen molar-refractivity contribution in [2.75, 3.05) is 18.1 Å².